The topological polar surface area (TPSA) is 61.9 Å². The number of nitrogens with zero attached hydrogens (tertiary/aromatic N) is 2. The largest absolute Gasteiger partial charge is 0.447 e. The van der Waals surface area contributed by atoms with Gasteiger partial charge in [-0.1, -0.05) is 27.7 Å². The van der Waals surface area contributed by atoms with Gasteiger partial charge in [-0.05, 0) is 18.2 Å². The lowest BCUT2D eigenvalue weighted by atomic mass is 10.2. The molecule has 3 rings (SSSR count). The monoisotopic (exact) mass is 339 g/mol. The first kappa shape index (κ1) is 15.4. The molecule has 0 aromatic heterocycles. The standard InChI is InChI=1S/C14H17N3O3S2/c18-13(16-5-8-21-22-9-6-16)15-11-2-1-3-12(10-11)17-4-7-20-14(17)19/h1-3,10H,4-9H2,(H,15,18). The smallest absolute Gasteiger partial charge is 0.414 e. The van der Waals surface area contributed by atoms with Gasteiger partial charge in [0.2, 0.25) is 0 Å². The molecule has 2 aliphatic rings. The van der Waals surface area contributed by atoms with Crippen LogP contribution in [0.1, 0.15) is 0 Å². The number of carbonyl (C=O) groups is 2. The average molecular weight is 339 g/mol. The molecular weight excluding hydrogens is 322 g/mol. The summed E-state index contributed by atoms with van der Waals surface area (Å²) in [5.74, 6) is 1.88. The van der Waals surface area contributed by atoms with Crippen LogP contribution in [0, 0.1) is 0 Å². The third-order valence-electron chi connectivity index (χ3n) is 3.43. The van der Waals surface area contributed by atoms with Crippen molar-refractivity contribution in [3.8, 4) is 0 Å². The Morgan fingerprint density at radius 3 is 2.64 bits per heavy atom. The van der Waals surface area contributed by atoms with Gasteiger partial charge in [-0.15, -0.1) is 0 Å². The first-order valence-corrected chi connectivity index (χ1v) is 9.57. The molecule has 2 fully saturated rings. The fraction of sp³-hybridized carbons (Fsp3) is 0.429. The van der Waals surface area contributed by atoms with Crippen LogP contribution in [0.4, 0.5) is 21.0 Å². The number of rotatable bonds is 2. The summed E-state index contributed by atoms with van der Waals surface area (Å²) < 4.78 is 4.94. The van der Waals surface area contributed by atoms with Gasteiger partial charge in [-0.25, -0.2) is 9.59 Å². The number of ether oxygens (including phenoxy) is 1. The van der Waals surface area contributed by atoms with E-state index in [1.165, 1.54) is 0 Å². The molecule has 3 amide bonds. The van der Waals surface area contributed by atoms with Gasteiger partial charge in [-0.3, -0.25) is 4.90 Å². The van der Waals surface area contributed by atoms with E-state index in [1.807, 2.05) is 23.1 Å². The van der Waals surface area contributed by atoms with E-state index >= 15 is 0 Å². The number of hydrogen-bond donors (Lipinski definition) is 1. The molecule has 22 heavy (non-hydrogen) atoms. The molecule has 2 aliphatic heterocycles. The van der Waals surface area contributed by atoms with Crippen molar-refractivity contribution in [2.75, 3.05) is 48.0 Å². The third-order valence-corrected chi connectivity index (χ3v) is 5.79. The lowest BCUT2D eigenvalue weighted by molar-refractivity contribution is 0.181. The Kier molecular flexibility index (Phi) is 4.99. The Labute approximate surface area is 136 Å². The number of cyclic esters (lactones) is 1. The summed E-state index contributed by atoms with van der Waals surface area (Å²) in [6.45, 7) is 2.44. The predicted octanol–water partition coefficient (Wildman–Crippen LogP) is 2.87. The first-order chi connectivity index (χ1) is 10.7. The number of anilines is 2. The number of nitrogens with one attached hydrogen (secondary N) is 1. The van der Waals surface area contributed by atoms with Crippen LogP contribution in [0.2, 0.25) is 0 Å². The van der Waals surface area contributed by atoms with Crippen molar-refractivity contribution in [3.05, 3.63) is 24.3 Å². The highest BCUT2D eigenvalue weighted by atomic mass is 33.1. The van der Waals surface area contributed by atoms with Gasteiger partial charge in [0.1, 0.15) is 6.61 Å². The fourth-order valence-corrected chi connectivity index (χ4v) is 4.29. The minimum absolute atomic E-state index is 0.0933. The number of amides is 3. The van der Waals surface area contributed by atoms with Crippen LogP contribution < -0.4 is 10.2 Å². The highest BCUT2D eigenvalue weighted by molar-refractivity contribution is 8.76. The van der Waals surface area contributed by atoms with E-state index in [2.05, 4.69) is 5.32 Å². The second-order valence-electron chi connectivity index (χ2n) is 4.88. The van der Waals surface area contributed by atoms with Gasteiger partial charge in [0.15, 0.2) is 0 Å². The molecule has 0 unspecified atom stereocenters. The van der Waals surface area contributed by atoms with Crippen molar-refractivity contribution in [1.29, 1.82) is 0 Å². The van der Waals surface area contributed by atoms with E-state index in [1.54, 1.807) is 32.6 Å². The van der Waals surface area contributed by atoms with Crippen molar-refractivity contribution in [2.45, 2.75) is 0 Å². The Hall–Kier alpha value is -1.54. The Bertz CT molecular complexity index is 562. The first-order valence-electron chi connectivity index (χ1n) is 7.09. The van der Waals surface area contributed by atoms with Gasteiger partial charge < -0.3 is 15.0 Å². The van der Waals surface area contributed by atoms with Crippen LogP contribution in [0.25, 0.3) is 0 Å². The maximum Gasteiger partial charge on any atom is 0.414 e. The number of hydrogen-bond acceptors (Lipinski definition) is 5. The lowest BCUT2D eigenvalue weighted by Gasteiger charge is -2.21. The summed E-state index contributed by atoms with van der Waals surface area (Å²) in [5.41, 5.74) is 1.43. The molecule has 0 atom stereocenters. The van der Waals surface area contributed by atoms with Gasteiger partial charge in [-0.2, -0.15) is 0 Å². The molecule has 118 valence electrons. The summed E-state index contributed by atoms with van der Waals surface area (Å²) in [6, 6.07) is 7.19. The average Bonchev–Trinajstić information content (AvgIpc) is 2.78. The molecule has 1 aromatic carbocycles. The summed E-state index contributed by atoms with van der Waals surface area (Å²) in [6.07, 6.45) is -0.343. The maximum absolute atomic E-state index is 12.3. The predicted molar refractivity (Wildman–Crippen MR) is 90.6 cm³/mol. The van der Waals surface area contributed by atoms with E-state index in [0.717, 1.165) is 30.3 Å². The maximum atomic E-state index is 12.3. The Balaban J connectivity index is 1.67. The zero-order valence-corrected chi connectivity index (χ0v) is 13.6. The zero-order valence-electron chi connectivity index (χ0n) is 12.0. The molecule has 1 aromatic rings. The molecule has 1 N–H and O–H groups in total. The van der Waals surface area contributed by atoms with Crippen molar-refractivity contribution in [3.63, 3.8) is 0 Å². The second kappa shape index (κ2) is 7.15. The highest BCUT2D eigenvalue weighted by Gasteiger charge is 2.24. The van der Waals surface area contributed by atoms with E-state index in [-0.39, 0.29) is 12.1 Å². The summed E-state index contributed by atoms with van der Waals surface area (Å²) >= 11 is 0. The molecule has 0 spiro atoms. The van der Waals surface area contributed by atoms with Gasteiger partial charge in [0.25, 0.3) is 0 Å². The molecule has 6 nitrogen and oxygen atoms in total. The molecule has 2 heterocycles. The van der Waals surface area contributed by atoms with E-state index in [9.17, 15) is 9.59 Å². The quantitative estimate of drug-likeness (QED) is 0.840. The number of benzene rings is 1. The molecule has 0 saturated carbocycles. The van der Waals surface area contributed by atoms with Crippen molar-refractivity contribution in [2.24, 2.45) is 0 Å². The van der Waals surface area contributed by atoms with Crippen LogP contribution in [0.5, 0.6) is 0 Å². The zero-order chi connectivity index (χ0) is 15.4. The Morgan fingerprint density at radius 2 is 1.95 bits per heavy atom. The minimum atomic E-state index is -0.343. The Morgan fingerprint density at radius 1 is 1.18 bits per heavy atom. The van der Waals surface area contributed by atoms with Crippen LogP contribution >= 0.6 is 21.6 Å². The lowest BCUT2D eigenvalue weighted by Crippen LogP contribution is -2.37. The molecule has 0 aliphatic carbocycles. The van der Waals surface area contributed by atoms with Gasteiger partial charge in [0, 0.05) is 36.0 Å². The van der Waals surface area contributed by atoms with Crippen LogP contribution in [-0.2, 0) is 4.74 Å². The van der Waals surface area contributed by atoms with Gasteiger partial charge >= 0.3 is 12.1 Å². The second-order valence-corrected chi connectivity index (χ2v) is 7.58. The van der Waals surface area contributed by atoms with Gasteiger partial charge in [0.05, 0.1) is 6.54 Å². The SMILES string of the molecule is O=C(Nc1cccc(N2CCOC2=O)c1)N1CCSSCC1. The molecule has 0 radical (unpaired) electrons. The van der Waals surface area contributed by atoms with E-state index < -0.39 is 0 Å². The highest BCUT2D eigenvalue weighted by Crippen LogP contribution is 2.25. The summed E-state index contributed by atoms with van der Waals surface area (Å²) in [7, 11) is 3.60. The number of carbonyl (C=O) groups excluding carboxylic acids is 2. The number of urea groups is 1. The van der Waals surface area contributed by atoms with Crippen LogP contribution in [0.15, 0.2) is 24.3 Å². The normalized spacial score (nSPS) is 18.8. The molecular formula is C14H17N3O3S2. The summed E-state index contributed by atoms with van der Waals surface area (Å²) in [5, 5.41) is 2.91. The molecule has 0 bridgehead atoms. The van der Waals surface area contributed by atoms with Crippen molar-refractivity contribution >= 4 is 45.1 Å². The molecule has 2 saturated heterocycles. The van der Waals surface area contributed by atoms with Crippen molar-refractivity contribution < 1.29 is 14.3 Å². The third kappa shape index (κ3) is 3.61. The minimum Gasteiger partial charge on any atom is -0.447 e. The summed E-state index contributed by atoms with van der Waals surface area (Å²) in [4.78, 5) is 27.3. The fourth-order valence-electron chi connectivity index (χ4n) is 2.31. The van der Waals surface area contributed by atoms with E-state index in [0.29, 0.717) is 18.8 Å². The van der Waals surface area contributed by atoms with Crippen LogP contribution in [-0.4, -0.2) is 54.8 Å². The van der Waals surface area contributed by atoms with Crippen LogP contribution in [0.3, 0.4) is 0 Å². The van der Waals surface area contributed by atoms with E-state index in [4.69, 9.17) is 4.74 Å². The van der Waals surface area contributed by atoms with Crippen molar-refractivity contribution in [1.82, 2.24) is 4.90 Å². The molecule has 8 heteroatoms.